The fourth-order valence-electron chi connectivity index (χ4n) is 1.59. The van der Waals surface area contributed by atoms with Crippen molar-refractivity contribution < 1.29 is 14.6 Å². The normalized spacial score (nSPS) is 10.1. The van der Waals surface area contributed by atoms with Gasteiger partial charge in [0.15, 0.2) is 0 Å². The number of likely N-dealkylation sites (N-methyl/N-ethyl adjacent to an activating group) is 1. The summed E-state index contributed by atoms with van der Waals surface area (Å²) >= 11 is 5.91. The second-order valence-electron chi connectivity index (χ2n) is 4.06. The van der Waals surface area contributed by atoms with Crippen molar-refractivity contribution in [2.45, 2.75) is 6.42 Å². The quantitative estimate of drug-likeness (QED) is 0.799. The summed E-state index contributed by atoms with van der Waals surface area (Å²) in [6, 6.07) is 5.26. The van der Waals surface area contributed by atoms with Crippen molar-refractivity contribution in [3.05, 3.63) is 23.2 Å². The lowest BCUT2D eigenvalue weighted by Crippen LogP contribution is -2.30. The summed E-state index contributed by atoms with van der Waals surface area (Å²) in [6.45, 7) is 0.794. The van der Waals surface area contributed by atoms with Gasteiger partial charge in [-0.2, -0.15) is 0 Å². The van der Waals surface area contributed by atoms with E-state index in [0.717, 1.165) is 5.69 Å². The highest BCUT2D eigenvalue weighted by Gasteiger charge is 2.08. The molecule has 0 aromatic heterocycles. The molecule has 2 N–H and O–H groups in total. The highest BCUT2D eigenvalue weighted by atomic mass is 35.5. The fraction of sp³-hybridized carbons (Fsp3) is 0.462. The number of rotatable bonds is 7. The van der Waals surface area contributed by atoms with Crippen LogP contribution in [0.2, 0.25) is 5.02 Å². The topological polar surface area (TPSA) is 61.8 Å². The summed E-state index contributed by atoms with van der Waals surface area (Å²) in [5.74, 6) is 0.656. The zero-order valence-electron chi connectivity index (χ0n) is 11.1. The van der Waals surface area contributed by atoms with Crippen molar-refractivity contribution in [2.24, 2.45) is 0 Å². The second-order valence-corrected chi connectivity index (χ2v) is 4.50. The Balaban J connectivity index is 2.49. The molecule has 1 aromatic carbocycles. The molecule has 0 saturated heterocycles. The first-order valence-corrected chi connectivity index (χ1v) is 6.38. The van der Waals surface area contributed by atoms with Crippen LogP contribution in [0.15, 0.2) is 18.2 Å². The zero-order chi connectivity index (χ0) is 14.3. The third-order valence-electron chi connectivity index (χ3n) is 2.68. The number of halogens is 1. The van der Waals surface area contributed by atoms with E-state index in [4.69, 9.17) is 21.4 Å². The van der Waals surface area contributed by atoms with E-state index < -0.39 is 0 Å². The van der Waals surface area contributed by atoms with Crippen LogP contribution in [-0.4, -0.2) is 49.8 Å². The number of nitrogens with one attached hydrogen (secondary N) is 1. The predicted molar refractivity (Wildman–Crippen MR) is 75.8 cm³/mol. The number of aliphatic hydroxyl groups is 1. The van der Waals surface area contributed by atoms with Gasteiger partial charge in [0, 0.05) is 31.6 Å². The van der Waals surface area contributed by atoms with Crippen molar-refractivity contribution in [1.82, 2.24) is 4.90 Å². The van der Waals surface area contributed by atoms with E-state index in [1.54, 1.807) is 32.4 Å². The summed E-state index contributed by atoms with van der Waals surface area (Å²) in [5, 5.41) is 12.5. The number of nitrogens with zero attached hydrogens (tertiary/aromatic N) is 1. The average Bonchev–Trinajstić information content (AvgIpc) is 2.39. The minimum absolute atomic E-state index is 0.0254. The molecule has 0 unspecified atom stereocenters. The molecule has 0 saturated carbocycles. The number of carbonyl (C=O) groups is 1. The summed E-state index contributed by atoms with van der Waals surface area (Å²) in [6.07, 6.45) is 0.339. The number of benzene rings is 1. The van der Waals surface area contributed by atoms with Gasteiger partial charge in [0.1, 0.15) is 5.75 Å². The number of ether oxygens (including phenoxy) is 1. The maximum Gasteiger partial charge on any atom is 0.224 e. The molecule has 19 heavy (non-hydrogen) atoms. The maximum atomic E-state index is 11.7. The lowest BCUT2D eigenvalue weighted by molar-refractivity contribution is -0.130. The number of anilines is 1. The van der Waals surface area contributed by atoms with E-state index in [2.05, 4.69) is 5.32 Å². The van der Waals surface area contributed by atoms with E-state index >= 15 is 0 Å². The van der Waals surface area contributed by atoms with Crippen LogP contribution in [-0.2, 0) is 4.79 Å². The smallest absolute Gasteiger partial charge is 0.224 e. The van der Waals surface area contributed by atoms with Crippen molar-refractivity contribution in [1.29, 1.82) is 0 Å². The number of amides is 1. The SMILES string of the molecule is COc1ccc(Cl)cc1NCCC(=O)N(C)CCO. The number of aliphatic hydroxyl groups excluding tert-OH is 1. The molecule has 0 fully saturated rings. The third kappa shape index (κ3) is 4.96. The second kappa shape index (κ2) is 7.86. The van der Waals surface area contributed by atoms with Crippen LogP contribution in [0.1, 0.15) is 6.42 Å². The van der Waals surface area contributed by atoms with Gasteiger partial charge in [0.25, 0.3) is 0 Å². The minimum Gasteiger partial charge on any atom is -0.495 e. The molecule has 6 heteroatoms. The molecule has 0 bridgehead atoms. The van der Waals surface area contributed by atoms with Gasteiger partial charge in [-0.05, 0) is 18.2 Å². The van der Waals surface area contributed by atoms with Crippen molar-refractivity contribution in [3.8, 4) is 5.75 Å². The number of hydrogen-bond acceptors (Lipinski definition) is 4. The molecule has 106 valence electrons. The Morgan fingerprint density at radius 1 is 1.53 bits per heavy atom. The molecule has 1 aromatic rings. The first kappa shape index (κ1) is 15.6. The highest BCUT2D eigenvalue weighted by Crippen LogP contribution is 2.27. The van der Waals surface area contributed by atoms with Gasteiger partial charge in [-0.1, -0.05) is 11.6 Å². The van der Waals surface area contributed by atoms with Gasteiger partial charge in [-0.3, -0.25) is 4.79 Å². The van der Waals surface area contributed by atoms with Crippen LogP contribution in [0.4, 0.5) is 5.69 Å². The molecule has 0 radical (unpaired) electrons. The molecular weight excluding hydrogens is 268 g/mol. The van der Waals surface area contributed by atoms with Crippen LogP contribution in [0.3, 0.4) is 0 Å². The number of methoxy groups -OCH3 is 1. The molecule has 5 nitrogen and oxygen atoms in total. The van der Waals surface area contributed by atoms with Gasteiger partial charge < -0.3 is 20.1 Å². The average molecular weight is 287 g/mol. The van der Waals surface area contributed by atoms with E-state index in [9.17, 15) is 4.79 Å². The molecule has 0 atom stereocenters. The van der Waals surface area contributed by atoms with E-state index in [-0.39, 0.29) is 12.5 Å². The van der Waals surface area contributed by atoms with Crippen molar-refractivity contribution in [3.63, 3.8) is 0 Å². The molecule has 0 aliphatic carbocycles. The number of hydrogen-bond donors (Lipinski definition) is 2. The standard InChI is InChI=1S/C13H19ClN2O3/c1-16(7-8-17)13(18)5-6-15-11-9-10(14)3-4-12(11)19-2/h3-4,9,15,17H,5-8H2,1-2H3. The van der Waals surface area contributed by atoms with E-state index in [1.807, 2.05) is 0 Å². The molecular formula is C13H19ClN2O3. The molecule has 1 amide bonds. The van der Waals surface area contributed by atoms with Crippen LogP contribution < -0.4 is 10.1 Å². The van der Waals surface area contributed by atoms with Crippen LogP contribution in [0.5, 0.6) is 5.75 Å². The Kier molecular flexibility index (Phi) is 6.45. The summed E-state index contributed by atoms with van der Waals surface area (Å²) < 4.78 is 5.19. The maximum absolute atomic E-state index is 11.7. The highest BCUT2D eigenvalue weighted by molar-refractivity contribution is 6.30. The van der Waals surface area contributed by atoms with Gasteiger partial charge in [0.05, 0.1) is 19.4 Å². The summed E-state index contributed by atoms with van der Waals surface area (Å²) in [4.78, 5) is 13.2. The Hall–Kier alpha value is -1.46. The van der Waals surface area contributed by atoms with Gasteiger partial charge in [-0.25, -0.2) is 0 Å². The molecule has 0 heterocycles. The molecule has 0 spiro atoms. The van der Waals surface area contributed by atoms with Crippen molar-refractivity contribution in [2.75, 3.05) is 39.2 Å². The van der Waals surface area contributed by atoms with Crippen molar-refractivity contribution >= 4 is 23.2 Å². The molecule has 1 rings (SSSR count). The fourth-order valence-corrected chi connectivity index (χ4v) is 1.76. The Morgan fingerprint density at radius 3 is 2.89 bits per heavy atom. The summed E-state index contributed by atoms with van der Waals surface area (Å²) in [7, 11) is 3.24. The van der Waals surface area contributed by atoms with Gasteiger partial charge in [0.2, 0.25) is 5.91 Å². The first-order chi connectivity index (χ1) is 9.08. The Labute approximate surface area is 118 Å². The molecule has 0 aliphatic heterocycles. The van der Waals surface area contributed by atoms with Crippen LogP contribution in [0, 0.1) is 0 Å². The first-order valence-electron chi connectivity index (χ1n) is 6.00. The Bertz CT molecular complexity index is 426. The largest absolute Gasteiger partial charge is 0.495 e. The van der Waals surface area contributed by atoms with Crippen LogP contribution >= 0.6 is 11.6 Å². The Morgan fingerprint density at radius 2 is 2.26 bits per heavy atom. The summed E-state index contributed by atoms with van der Waals surface area (Å²) in [5.41, 5.74) is 0.757. The van der Waals surface area contributed by atoms with Gasteiger partial charge in [-0.15, -0.1) is 0 Å². The zero-order valence-corrected chi connectivity index (χ0v) is 11.9. The monoisotopic (exact) mass is 286 g/mol. The van der Waals surface area contributed by atoms with Gasteiger partial charge >= 0.3 is 0 Å². The van der Waals surface area contributed by atoms with E-state index in [0.29, 0.717) is 30.3 Å². The predicted octanol–water partition coefficient (Wildman–Crippen LogP) is 1.60. The minimum atomic E-state index is -0.0300. The lowest BCUT2D eigenvalue weighted by atomic mass is 10.2. The third-order valence-corrected chi connectivity index (χ3v) is 2.91. The lowest BCUT2D eigenvalue weighted by Gasteiger charge is -2.16. The molecule has 0 aliphatic rings. The van der Waals surface area contributed by atoms with E-state index in [1.165, 1.54) is 4.90 Å². The number of carbonyl (C=O) groups excluding carboxylic acids is 1. The van der Waals surface area contributed by atoms with Crippen LogP contribution in [0.25, 0.3) is 0 Å².